The number of nitrogens with zero attached hydrogens (tertiary/aromatic N) is 4. The van der Waals surface area contributed by atoms with E-state index in [0.717, 1.165) is 56.4 Å². The van der Waals surface area contributed by atoms with Gasteiger partial charge in [-0.05, 0) is 11.5 Å². The number of benzene rings is 1. The van der Waals surface area contributed by atoms with Gasteiger partial charge in [-0.1, -0.05) is 49.3 Å². The van der Waals surface area contributed by atoms with E-state index in [-0.39, 0.29) is 0 Å². The van der Waals surface area contributed by atoms with Crippen molar-refractivity contribution in [2.24, 2.45) is 5.92 Å². The maximum Gasteiger partial charge on any atom is 0.226 e. The molecule has 1 aromatic carbocycles. The van der Waals surface area contributed by atoms with Crippen molar-refractivity contribution < 1.29 is 9.63 Å². The highest BCUT2D eigenvalue weighted by atomic mass is 16.5. The van der Waals surface area contributed by atoms with E-state index in [9.17, 15) is 5.11 Å². The summed E-state index contributed by atoms with van der Waals surface area (Å²) in [5.41, 5.74) is 0.981. The minimum atomic E-state index is -0.427. The molecule has 1 aromatic heterocycles. The molecule has 1 fully saturated rings. The summed E-state index contributed by atoms with van der Waals surface area (Å²) in [6.07, 6.45) is 0.404. The molecule has 1 aliphatic heterocycles. The second-order valence-electron chi connectivity index (χ2n) is 7.21. The summed E-state index contributed by atoms with van der Waals surface area (Å²) in [7, 11) is 0. The molecule has 0 bridgehead atoms. The second kappa shape index (κ2) is 8.56. The van der Waals surface area contributed by atoms with Crippen molar-refractivity contribution in [1.82, 2.24) is 19.9 Å². The monoisotopic (exact) mass is 344 g/mol. The first-order valence-electron chi connectivity index (χ1n) is 9.09. The number of aliphatic hydroxyl groups excluding tert-OH is 1. The molecule has 1 aliphatic rings. The lowest BCUT2D eigenvalue weighted by atomic mass is 10.1. The molecular weight excluding hydrogens is 316 g/mol. The number of piperazine rings is 1. The van der Waals surface area contributed by atoms with Crippen LogP contribution in [0.4, 0.5) is 0 Å². The lowest BCUT2D eigenvalue weighted by Gasteiger charge is -2.35. The number of β-amino-alcohol motifs (C(OH)–C–C–N with tert-alkyl or cyclic N) is 1. The molecule has 0 amide bonds. The molecule has 0 spiro atoms. The lowest BCUT2D eigenvalue weighted by molar-refractivity contribution is 0.0690. The first-order chi connectivity index (χ1) is 12.1. The molecule has 0 saturated carbocycles. The zero-order valence-electron chi connectivity index (χ0n) is 15.1. The van der Waals surface area contributed by atoms with Gasteiger partial charge in [0.25, 0.3) is 0 Å². The van der Waals surface area contributed by atoms with Crippen LogP contribution in [0.25, 0.3) is 0 Å². The van der Waals surface area contributed by atoms with E-state index >= 15 is 0 Å². The van der Waals surface area contributed by atoms with Crippen molar-refractivity contribution in [1.29, 1.82) is 0 Å². The van der Waals surface area contributed by atoms with Crippen LogP contribution in [0.1, 0.15) is 37.2 Å². The van der Waals surface area contributed by atoms with E-state index < -0.39 is 6.10 Å². The highest BCUT2D eigenvalue weighted by Crippen LogP contribution is 2.15. The van der Waals surface area contributed by atoms with Crippen LogP contribution in [0.15, 0.2) is 34.9 Å². The van der Waals surface area contributed by atoms with Gasteiger partial charge in [-0.15, -0.1) is 0 Å². The number of hydrogen-bond donors (Lipinski definition) is 1. The van der Waals surface area contributed by atoms with Crippen LogP contribution < -0.4 is 0 Å². The van der Waals surface area contributed by atoms with E-state index in [2.05, 4.69) is 33.8 Å². The zero-order valence-corrected chi connectivity index (χ0v) is 15.1. The molecule has 2 heterocycles. The van der Waals surface area contributed by atoms with Crippen molar-refractivity contribution in [2.45, 2.75) is 32.9 Å². The Bertz CT molecular complexity index is 636. The fourth-order valence-corrected chi connectivity index (χ4v) is 3.14. The van der Waals surface area contributed by atoms with Crippen molar-refractivity contribution in [3.63, 3.8) is 0 Å². The zero-order chi connectivity index (χ0) is 17.6. The SMILES string of the molecule is CC(C)Cc1nc(CN2CCN(C[C@H](O)c3ccccc3)CC2)no1. The Morgan fingerprint density at radius 1 is 1.08 bits per heavy atom. The molecule has 0 unspecified atom stereocenters. The molecule has 136 valence electrons. The van der Waals surface area contributed by atoms with Gasteiger partial charge in [-0.3, -0.25) is 9.80 Å². The Hall–Kier alpha value is -1.76. The number of rotatable bonds is 7. The summed E-state index contributed by atoms with van der Waals surface area (Å²) in [6.45, 7) is 9.50. The maximum absolute atomic E-state index is 10.4. The van der Waals surface area contributed by atoms with E-state index in [1.807, 2.05) is 30.3 Å². The van der Waals surface area contributed by atoms with Crippen LogP contribution >= 0.6 is 0 Å². The van der Waals surface area contributed by atoms with Gasteiger partial charge < -0.3 is 9.63 Å². The van der Waals surface area contributed by atoms with Crippen molar-refractivity contribution >= 4 is 0 Å². The quantitative estimate of drug-likeness (QED) is 0.830. The van der Waals surface area contributed by atoms with Crippen LogP contribution in [0.5, 0.6) is 0 Å². The van der Waals surface area contributed by atoms with Crippen molar-refractivity contribution in [3.05, 3.63) is 47.6 Å². The molecule has 25 heavy (non-hydrogen) atoms. The minimum absolute atomic E-state index is 0.427. The number of hydrogen-bond acceptors (Lipinski definition) is 6. The van der Waals surface area contributed by atoms with Gasteiger partial charge in [0.15, 0.2) is 5.82 Å². The van der Waals surface area contributed by atoms with Gasteiger partial charge in [0, 0.05) is 39.1 Å². The van der Waals surface area contributed by atoms with Crippen molar-refractivity contribution in [2.75, 3.05) is 32.7 Å². The predicted octanol–water partition coefficient (Wildman–Crippen LogP) is 2.12. The highest BCUT2D eigenvalue weighted by Gasteiger charge is 2.21. The van der Waals surface area contributed by atoms with Gasteiger partial charge in [-0.2, -0.15) is 4.98 Å². The van der Waals surface area contributed by atoms with Crippen molar-refractivity contribution in [3.8, 4) is 0 Å². The summed E-state index contributed by atoms with van der Waals surface area (Å²) in [4.78, 5) is 9.14. The Morgan fingerprint density at radius 2 is 1.76 bits per heavy atom. The third kappa shape index (κ3) is 5.36. The van der Waals surface area contributed by atoms with Crippen LogP contribution in [0.3, 0.4) is 0 Å². The molecule has 1 saturated heterocycles. The van der Waals surface area contributed by atoms with Crippen LogP contribution in [0.2, 0.25) is 0 Å². The smallest absolute Gasteiger partial charge is 0.226 e. The average Bonchev–Trinajstić information content (AvgIpc) is 3.03. The summed E-state index contributed by atoms with van der Waals surface area (Å²) < 4.78 is 5.31. The molecule has 0 aliphatic carbocycles. The van der Waals surface area contributed by atoms with E-state index in [1.165, 1.54) is 0 Å². The number of aromatic nitrogens is 2. The third-order valence-electron chi connectivity index (χ3n) is 4.54. The topological polar surface area (TPSA) is 65.6 Å². The largest absolute Gasteiger partial charge is 0.387 e. The molecule has 6 heteroatoms. The Kier molecular flexibility index (Phi) is 6.18. The van der Waals surface area contributed by atoms with Gasteiger partial charge in [0.2, 0.25) is 5.89 Å². The molecule has 1 N–H and O–H groups in total. The standard InChI is InChI=1S/C19H28N4O2/c1-15(2)12-19-20-18(21-25-19)14-23-10-8-22(9-11-23)13-17(24)16-6-4-3-5-7-16/h3-7,15,17,24H,8-14H2,1-2H3/t17-/m0/s1. The first-order valence-corrected chi connectivity index (χ1v) is 9.09. The number of aliphatic hydroxyl groups is 1. The summed E-state index contributed by atoms with van der Waals surface area (Å²) >= 11 is 0. The van der Waals surface area contributed by atoms with Gasteiger partial charge in [-0.25, -0.2) is 0 Å². The normalized spacial score (nSPS) is 17.9. The molecule has 6 nitrogen and oxygen atoms in total. The second-order valence-corrected chi connectivity index (χ2v) is 7.21. The Balaban J connectivity index is 1.43. The highest BCUT2D eigenvalue weighted by molar-refractivity contribution is 5.17. The molecular formula is C19H28N4O2. The summed E-state index contributed by atoms with van der Waals surface area (Å²) in [5, 5.41) is 14.4. The minimum Gasteiger partial charge on any atom is -0.387 e. The Labute approximate surface area is 149 Å². The predicted molar refractivity (Wildman–Crippen MR) is 96.0 cm³/mol. The molecule has 2 aromatic rings. The van der Waals surface area contributed by atoms with Gasteiger partial charge in [0.1, 0.15) is 0 Å². The third-order valence-corrected chi connectivity index (χ3v) is 4.54. The van der Waals surface area contributed by atoms with E-state index in [4.69, 9.17) is 4.52 Å². The lowest BCUT2D eigenvalue weighted by Crippen LogP contribution is -2.47. The fourth-order valence-electron chi connectivity index (χ4n) is 3.14. The Morgan fingerprint density at radius 3 is 2.44 bits per heavy atom. The van der Waals surface area contributed by atoms with E-state index in [1.54, 1.807) is 0 Å². The molecule has 3 rings (SSSR count). The molecule has 1 atom stereocenters. The van der Waals surface area contributed by atoms with E-state index in [0.29, 0.717) is 12.5 Å². The van der Waals surface area contributed by atoms with Gasteiger partial charge >= 0.3 is 0 Å². The van der Waals surface area contributed by atoms with Crippen LogP contribution in [-0.4, -0.2) is 57.8 Å². The average molecular weight is 344 g/mol. The fraction of sp³-hybridized carbons (Fsp3) is 0.579. The summed E-state index contributed by atoms with van der Waals surface area (Å²) in [6, 6.07) is 9.86. The van der Waals surface area contributed by atoms with Gasteiger partial charge in [0.05, 0.1) is 12.6 Å². The van der Waals surface area contributed by atoms with Crippen LogP contribution in [-0.2, 0) is 13.0 Å². The van der Waals surface area contributed by atoms with Crippen LogP contribution in [0, 0.1) is 5.92 Å². The summed E-state index contributed by atoms with van der Waals surface area (Å²) in [5.74, 6) is 2.02. The molecule has 0 radical (unpaired) electrons. The first kappa shape index (κ1) is 18.0. The maximum atomic E-state index is 10.4.